The van der Waals surface area contributed by atoms with E-state index in [-0.39, 0.29) is 0 Å². The molecule has 2 aromatic carbocycles. The summed E-state index contributed by atoms with van der Waals surface area (Å²) < 4.78 is 0. The predicted molar refractivity (Wildman–Crippen MR) is 103 cm³/mol. The van der Waals surface area contributed by atoms with Crippen LogP contribution in [0.3, 0.4) is 0 Å². The highest BCUT2D eigenvalue weighted by Gasteiger charge is 2.09. The van der Waals surface area contributed by atoms with Gasteiger partial charge >= 0.3 is 0 Å². The van der Waals surface area contributed by atoms with Gasteiger partial charge in [-0.05, 0) is 30.3 Å². The van der Waals surface area contributed by atoms with Crippen LogP contribution in [0.2, 0.25) is 10.0 Å². The number of amidine groups is 1. The lowest BCUT2D eigenvalue weighted by molar-refractivity contribution is -0.380. The van der Waals surface area contributed by atoms with Crippen LogP contribution in [-0.4, -0.2) is 12.1 Å². The van der Waals surface area contributed by atoms with Gasteiger partial charge in [-0.1, -0.05) is 47.5 Å². The lowest BCUT2D eigenvalue weighted by Gasteiger charge is -2.02. The van der Waals surface area contributed by atoms with E-state index < -0.39 is 0 Å². The second-order valence-corrected chi connectivity index (χ2v) is 5.95. The van der Waals surface area contributed by atoms with Gasteiger partial charge in [0.05, 0.1) is 16.9 Å². The number of aromatic nitrogens is 1. The molecule has 1 heterocycles. The third-order valence-corrected chi connectivity index (χ3v) is 3.86. The molecule has 2 N–H and O–H groups in total. The molecule has 0 unspecified atom stereocenters. The van der Waals surface area contributed by atoms with E-state index in [0.29, 0.717) is 15.9 Å². The van der Waals surface area contributed by atoms with Gasteiger partial charge in [-0.3, -0.25) is 5.43 Å². The number of pyridine rings is 1. The molecule has 3 rings (SSSR count). The van der Waals surface area contributed by atoms with E-state index in [2.05, 4.69) is 20.5 Å². The zero-order valence-corrected chi connectivity index (χ0v) is 14.7. The van der Waals surface area contributed by atoms with Crippen molar-refractivity contribution in [3.8, 4) is 0 Å². The quantitative estimate of drug-likeness (QED) is 0.410. The molecule has 0 aliphatic heterocycles. The fourth-order valence-corrected chi connectivity index (χ4v) is 2.54. The van der Waals surface area contributed by atoms with E-state index in [9.17, 15) is 0 Å². The van der Waals surface area contributed by atoms with Crippen molar-refractivity contribution in [1.29, 1.82) is 0 Å². The molecule has 0 bridgehead atoms. The largest absolute Gasteiger partial charge is 0.256 e. The summed E-state index contributed by atoms with van der Waals surface area (Å²) in [7, 11) is 0. The van der Waals surface area contributed by atoms with Crippen molar-refractivity contribution in [2.75, 3.05) is 0 Å². The van der Waals surface area contributed by atoms with Crippen LogP contribution < -0.4 is 10.4 Å². The lowest BCUT2D eigenvalue weighted by Crippen LogP contribution is -2.26. The van der Waals surface area contributed by atoms with E-state index in [1.54, 1.807) is 24.4 Å². The van der Waals surface area contributed by atoms with E-state index in [1.165, 1.54) is 0 Å². The minimum Gasteiger partial charge on any atom is -0.256 e. The van der Waals surface area contributed by atoms with Crippen LogP contribution in [0.15, 0.2) is 83.0 Å². The zero-order valence-electron chi connectivity index (χ0n) is 13.2. The Kier molecular flexibility index (Phi) is 5.77. The average Bonchev–Trinajstić information content (AvgIpc) is 2.64. The Bertz CT molecular complexity index is 894. The van der Waals surface area contributed by atoms with Gasteiger partial charge in [0, 0.05) is 22.7 Å². The Hall–Kier alpha value is -2.69. The number of nitrogens with one attached hydrogen (secondary N) is 2. The Balaban J connectivity index is 1.85. The number of aliphatic imine (C=N–C) groups is 1. The smallest absolute Gasteiger partial charge is 0.248 e. The van der Waals surface area contributed by atoms with Gasteiger partial charge in [0.1, 0.15) is 0 Å². The number of hydrogen-bond acceptors (Lipinski definition) is 2. The van der Waals surface area contributed by atoms with Crippen LogP contribution in [0.4, 0.5) is 5.69 Å². The second-order valence-electron chi connectivity index (χ2n) is 5.11. The fourth-order valence-electron chi connectivity index (χ4n) is 2.09. The highest BCUT2D eigenvalue weighted by atomic mass is 35.5. The van der Waals surface area contributed by atoms with Gasteiger partial charge in [-0.2, -0.15) is 5.10 Å². The average molecular weight is 370 g/mol. The highest BCUT2D eigenvalue weighted by molar-refractivity contribution is 6.36. The predicted octanol–water partition coefficient (Wildman–Crippen LogP) is 4.51. The van der Waals surface area contributed by atoms with Crippen LogP contribution in [0.25, 0.3) is 0 Å². The molecule has 0 atom stereocenters. The van der Waals surface area contributed by atoms with E-state index in [4.69, 9.17) is 23.2 Å². The standard InChI is InChI=1S/C19H14Cl2N4/c20-15-10-9-14(17(21)12-15)13-23-25-19(18-8-4-5-11-22-18)24-16-6-2-1-3-7-16/h1-13H,(H,24,25)/p+1. The number of rotatable bonds is 4. The molecule has 25 heavy (non-hydrogen) atoms. The fraction of sp³-hybridized carbons (Fsp3) is 0. The molecule has 0 amide bonds. The van der Waals surface area contributed by atoms with Gasteiger partial charge in [-0.25, -0.2) is 9.98 Å². The highest BCUT2D eigenvalue weighted by Crippen LogP contribution is 2.19. The van der Waals surface area contributed by atoms with E-state index in [0.717, 1.165) is 16.9 Å². The number of hydrogen-bond donors (Lipinski definition) is 1. The summed E-state index contributed by atoms with van der Waals surface area (Å²) in [5.74, 6) is 0.591. The third kappa shape index (κ3) is 4.89. The lowest BCUT2D eigenvalue weighted by atomic mass is 10.2. The Morgan fingerprint density at radius 2 is 1.76 bits per heavy atom. The SMILES string of the molecule is Clc1ccc(C=NNC(=Nc2ccccc2)c2cccc[nH+]2)c(Cl)c1. The van der Waals surface area contributed by atoms with Crippen molar-refractivity contribution in [3.63, 3.8) is 0 Å². The molecular formula is C19H15Cl2N4+. The van der Waals surface area contributed by atoms with Gasteiger partial charge < -0.3 is 0 Å². The molecule has 0 saturated heterocycles. The van der Waals surface area contributed by atoms with Gasteiger partial charge in [-0.15, -0.1) is 0 Å². The summed E-state index contributed by atoms with van der Waals surface area (Å²) in [4.78, 5) is 7.75. The molecule has 1 aromatic heterocycles. The summed E-state index contributed by atoms with van der Waals surface area (Å²) in [5, 5.41) is 5.37. The summed E-state index contributed by atoms with van der Waals surface area (Å²) in [6, 6.07) is 20.6. The molecule has 0 saturated carbocycles. The second kappa shape index (κ2) is 8.42. The number of nitrogens with zero attached hydrogens (tertiary/aromatic N) is 2. The molecule has 0 spiro atoms. The monoisotopic (exact) mass is 369 g/mol. The molecule has 0 aliphatic carbocycles. The van der Waals surface area contributed by atoms with E-state index >= 15 is 0 Å². The molecule has 4 nitrogen and oxygen atoms in total. The topological polar surface area (TPSA) is 50.9 Å². The number of benzene rings is 2. The summed E-state index contributed by atoms with van der Waals surface area (Å²) >= 11 is 12.1. The number of halogens is 2. The zero-order chi connectivity index (χ0) is 17.5. The van der Waals surface area contributed by atoms with Gasteiger partial charge in [0.2, 0.25) is 11.5 Å². The normalized spacial score (nSPS) is 11.7. The minimum atomic E-state index is 0.533. The van der Waals surface area contributed by atoms with Gasteiger partial charge in [0.15, 0.2) is 6.20 Å². The van der Waals surface area contributed by atoms with Crippen molar-refractivity contribution in [2.45, 2.75) is 0 Å². The van der Waals surface area contributed by atoms with Crippen LogP contribution in [-0.2, 0) is 0 Å². The maximum atomic E-state index is 6.15. The Morgan fingerprint density at radius 1 is 0.960 bits per heavy atom. The molecule has 0 radical (unpaired) electrons. The Labute approximate surface area is 155 Å². The van der Waals surface area contributed by atoms with Crippen molar-refractivity contribution < 1.29 is 4.98 Å². The number of hydrazone groups is 1. The molecule has 0 fully saturated rings. The maximum absolute atomic E-state index is 6.15. The first-order chi connectivity index (χ1) is 12.2. The molecule has 124 valence electrons. The first-order valence-corrected chi connectivity index (χ1v) is 8.33. The third-order valence-electron chi connectivity index (χ3n) is 3.30. The molecule has 0 aliphatic rings. The maximum Gasteiger partial charge on any atom is 0.248 e. The first-order valence-electron chi connectivity index (χ1n) is 7.57. The molecule has 3 aromatic rings. The summed E-state index contributed by atoms with van der Waals surface area (Å²) in [5.41, 5.74) is 5.36. The van der Waals surface area contributed by atoms with Gasteiger partial charge in [0.25, 0.3) is 0 Å². The summed E-state index contributed by atoms with van der Waals surface area (Å²) in [6.45, 7) is 0. The van der Waals surface area contributed by atoms with Crippen LogP contribution in [0, 0.1) is 0 Å². The van der Waals surface area contributed by atoms with Crippen LogP contribution in [0.1, 0.15) is 11.3 Å². The van der Waals surface area contributed by atoms with E-state index in [1.807, 2.05) is 54.7 Å². The van der Waals surface area contributed by atoms with Crippen molar-refractivity contribution in [3.05, 3.63) is 94.2 Å². The summed E-state index contributed by atoms with van der Waals surface area (Å²) in [6.07, 6.45) is 3.46. The molecule has 6 heteroatoms. The van der Waals surface area contributed by atoms with Crippen molar-refractivity contribution >= 4 is 40.9 Å². The number of para-hydroxylation sites is 1. The minimum absolute atomic E-state index is 0.533. The molecular weight excluding hydrogens is 355 g/mol. The first kappa shape index (κ1) is 17.1. The van der Waals surface area contributed by atoms with Crippen LogP contribution in [0.5, 0.6) is 0 Å². The number of H-pyrrole nitrogens is 1. The van der Waals surface area contributed by atoms with Crippen molar-refractivity contribution in [1.82, 2.24) is 5.43 Å². The van der Waals surface area contributed by atoms with Crippen molar-refractivity contribution in [2.24, 2.45) is 10.1 Å². The Morgan fingerprint density at radius 3 is 2.48 bits per heavy atom. The van der Waals surface area contributed by atoms with Crippen LogP contribution >= 0.6 is 23.2 Å². The number of aromatic amines is 1.